The predicted octanol–water partition coefficient (Wildman–Crippen LogP) is 4.79. The van der Waals surface area contributed by atoms with Gasteiger partial charge in [0.25, 0.3) is 5.91 Å². The van der Waals surface area contributed by atoms with Crippen LogP contribution < -0.4 is 14.8 Å². The number of thiazole rings is 1. The summed E-state index contributed by atoms with van der Waals surface area (Å²) in [5.41, 5.74) is 1.81. The predicted molar refractivity (Wildman–Crippen MR) is 97.9 cm³/mol. The van der Waals surface area contributed by atoms with Gasteiger partial charge in [0.05, 0.1) is 24.9 Å². The second-order valence-corrected chi connectivity index (χ2v) is 6.74. The van der Waals surface area contributed by atoms with Crippen LogP contribution in [0.5, 0.6) is 11.5 Å². The minimum Gasteiger partial charge on any atom is -0.495 e. The Morgan fingerprint density at radius 1 is 1.21 bits per heavy atom. The van der Waals surface area contributed by atoms with Gasteiger partial charge in [0.2, 0.25) is 0 Å². The van der Waals surface area contributed by atoms with Crippen molar-refractivity contribution in [3.63, 3.8) is 0 Å². The third kappa shape index (κ3) is 3.38. The SMILES string of the molecule is COc1cc(OC)c(NC(=O)c2csc(-c3ccsc3)n2)cc1Cl. The first-order valence-corrected chi connectivity index (χ1v) is 9.03. The summed E-state index contributed by atoms with van der Waals surface area (Å²) in [5, 5.41) is 9.65. The lowest BCUT2D eigenvalue weighted by Gasteiger charge is -2.12. The van der Waals surface area contributed by atoms with E-state index in [1.54, 1.807) is 28.8 Å². The van der Waals surface area contributed by atoms with Gasteiger partial charge in [0, 0.05) is 22.4 Å². The number of aromatic nitrogens is 1. The topological polar surface area (TPSA) is 60.5 Å². The molecule has 2 aromatic heterocycles. The molecular weight excluding hydrogens is 368 g/mol. The van der Waals surface area contributed by atoms with Crippen LogP contribution in [-0.2, 0) is 0 Å². The number of halogens is 1. The quantitative estimate of drug-likeness (QED) is 0.691. The molecule has 1 amide bonds. The van der Waals surface area contributed by atoms with E-state index in [2.05, 4.69) is 10.3 Å². The fourth-order valence-corrected chi connectivity index (χ4v) is 3.79. The number of thiophene rings is 1. The van der Waals surface area contributed by atoms with Crippen molar-refractivity contribution in [1.82, 2.24) is 4.98 Å². The number of amides is 1. The number of benzene rings is 1. The minimum absolute atomic E-state index is 0.327. The molecule has 0 aliphatic rings. The van der Waals surface area contributed by atoms with Gasteiger partial charge in [-0.1, -0.05) is 11.6 Å². The maximum atomic E-state index is 12.4. The largest absolute Gasteiger partial charge is 0.495 e. The summed E-state index contributed by atoms with van der Waals surface area (Å²) in [6, 6.07) is 5.18. The molecule has 0 radical (unpaired) electrons. The van der Waals surface area contributed by atoms with Crippen LogP contribution >= 0.6 is 34.3 Å². The van der Waals surface area contributed by atoms with E-state index in [-0.39, 0.29) is 5.91 Å². The fraction of sp³-hybridized carbons (Fsp3) is 0.125. The maximum Gasteiger partial charge on any atom is 0.275 e. The Labute approximate surface area is 151 Å². The smallest absolute Gasteiger partial charge is 0.275 e. The normalized spacial score (nSPS) is 10.5. The van der Waals surface area contributed by atoms with Crippen LogP contribution in [0.25, 0.3) is 10.6 Å². The van der Waals surface area contributed by atoms with Crippen LogP contribution in [0, 0.1) is 0 Å². The highest BCUT2D eigenvalue weighted by molar-refractivity contribution is 7.14. The summed E-state index contributed by atoms with van der Waals surface area (Å²) in [6.07, 6.45) is 0. The van der Waals surface area contributed by atoms with E-state index in [1.807, 2.05) is 16.8 Å². The van der Waals surface area contributed by atoms with Gasteiger partial charge in [-0.15, -0.1) is 11.3 Å². The molecule has 2 heterocycles. The summed E-state index contributed by atoms with van der Waals surface area (Å²) < 4.78 is 10.4. The molecule has 0 bridgehead atoms. The van der Waals surface area contributed by atoms with Crippen molar-refractivity contribution in [3.8, 4) is 22.1 Å². The van der Waals surface area contributed by atoms with Crippen molar-refractivity contribution in [1.29, 1.82) is 0 Å². The molecule has 0 fully saturated rings. The Morgan fingerprint density at radius 3 is 2.67 bits per heavy atom. The number of hydrogen-bond donors (Lipinski definition) is 1. The van der Waals surface area contributed by atoms with Crippen molar-refractivity contribution in [2.45, 2.75) is 0 Å². The first-order chi connectivity index (χ1) is 11.6. The minimum atomic E-state index is -0.327. The van der Waals surface area contributed by atoms with Gasteiger partial charge in [-0.25, -0.2) is 4.98 Å². The van der Waals surface area contributed by atoms with Crippen molar-refractivity contribution in [3.05, 3.63) is 45.1 Å². The van der Waals surface area contributed by atoms with E-state index in [4.69, 9.17) is 21.1 Å². The zero-order chi connectivity index (χ0) is 17.1. The number of anilines is 1. The number of methoxy groups -OCH3 is 2. The first kappa shape index (κ1) is 16.8. The van der Waals surface area contributed by atoms with Gasteiger partial charge < -0.3 is 14.8 Å². The zero-order valence-electron chi connectivity index (χ0n) is 12.8. The molecule has 24 heavy (non-hydrogen) atoms. The van der Waals surface area contributed by atoms with Gasteiger partial charge in [-0.05, 0) is 17.5 Å². The summed E-state index contributed by atoms with van der Waals surface area (Å²) >= 11 is 9.13. The highest BCUT2D eigenvalue weighted by Gasteiger charge is 2.16. The van der Waals surface area contributed by atoms with E-state index in [1.165, 1.54) is 25.6 Å². The van der Waals surface area contributed by atoms with Crippen molar-refractivity contribution >= 4 is 45.9 Å². The van der Waals surface area contributed by atoms with E-state index in [0.29, 0.717) is 27.9 Å². The molecule has 0 saturated carbocycles. The molecule has 3 rings (SSSR count). The zero-order valence-corrected chi connectivity index (χ0v) is 15.2. The number of carbonyl (C=O) groups excluding carboxylic acids is 1. The van der Waals surface area contributed by atoms with Crippen molar-refractivity contribution in [2.24, 2.45) is 0 Å². The molecule has 3 aromatic rings. The molecule has 1 aromatic carbocycles. The summed E-state index contributed by atoms with van der Waals surface area (Å²) in [7, 11) is 3.02. The van der Waals surface area contributed by atoms with Crippen LogP contribution in [0.4, 0.5) is 5.69 Å². The number of hydrogen-bond acceptors (Lipinski definition) is 6. The van der Waals surface area contributed by atoms with Crippen LogP contribution in [-0.4, -0.2) is 25.1 Å². The second kappa shape index (κ2) is 7.21. The second-order valence-electron chi connectivity index (χ2n) is 4.69. The molecule has 124 valence electrons. The highest BCUT2D eigenvalue weighted by atomic mass is 35.5. The Kier molecular flexibility index (Phi) is 5.03. The lowest BCUT2D eigenvalue weighted by Crippen LogP contribution is -2.13. The Balaban J connectivity index is 1.83. The Bertz CT molecular complexity index is 862. The number of ether oxygens (including phenoxy) is 2. The van der Waals surface area contributed by atoms with Gasteiger partial charge >= 0.3 is 0 Å². The fourth-order valence-electron chi connectivity index (χ4n) is 2.04. The standard InChI is InChI=1S/C16H13ClN2O3S2/c1-21-13-6-14(22-2)11(5-10(13)17)18-15(20)12-8-24-16(19-12)9-3-4-23-7-9/h3-8H,1-2H3,(H,18,20). The van der Waals surface area contributed by atoms with E-state index >= 15 is 0 Å². The summed E-state index contributed by atoms with van der Waals surface area (Å²) in [6.45, 7) is 0. The van der Waals surface area contributed by atoms with Crippen molar-refractivity contribution in [2.75, 3.05) is 19.5 Å². The number of nitrogens with zero attached hydrogens (tertiary/aromatic N) is 1. The van der Waals surface area contributed by atoms with Gasteiger partial charge in [0.1, 0.15) is 22.2 Å². The van der Waals surface area contributed by atoms with E-state index < -0.39 is 0 Å². The molecule has 0 unspecified atom stereocenters. The maximum absolute atomic E-state index is 12.4. The molecule has 5 nitrogen and oxygen atoms in total. The first-order valence-electron chi connectivity index (χ1n) is 6.83. The molecule has 0 spiro atoms. The third-order valence-corrected chi connectivity index (χ3v) is 5.10. The van der Waals surface area contributed by atoms with Gasteiger partial charge in [-0.3, -0.25) is 4.79 Å². The lowest BCUT2D eigenvalue weighted by molar-refractivity contribution is 0.102. The number of carbonyl (C=O) groups is 1. The average Bonchev–Trinajstić information content (AvgIpc) is 3.26. The van der Waals surface area contributed by atoms with E-state index in [9.17, 15) is 4.79 Å². The third-order valence-electron chi connectivity index (χ3n) is 3.23. The molecular formula is C16H13ClN2O3S2. The molecule has 0 atom stereocenters. The lowest BCUT2D eigenvalue weighted by atomic mass is 10.2. The average molecular weight is 381 g/mol. The monoisotopic (exact) mass is 380 g/mol. The summed E-state index contributed by atoms with van der Waals surface area (Å²) in [4.78, 5) is 16.8. The van der Waals surface area contributed by atoms with Crippen LogP contribution in [0.2, 0.25) is 5.02 Å². The molecule has 8 heteroatoms. The van der Waals surface area contributed by atoms with Crippen LogP contribution in [0.3, 0.4) is 0 Å². The molecule has 1 N–H and O–H groups in total. The van der Waals surface area contributed by atoms with Gasteiger partial charge in [0.15, 0.2) is 0 Å². The Hall–Kier alpha value is -2.09. The number of nitrogens with one attached hydrogen (secondary N) is 1. The summed E-state index contributed by atoms with van der Waals surface area (Å²) in [5.74, 6) is 0.602. The molecule has 0 aliphatic heterocycles. The van der Waals surface area contributed by atoms with Crippen LogP contribution in [0.1, 0.15) is 10.5 Å². The van der Waals surface area contributed by atoms with Crippen molar-refractivity contribution < 1.29 is 14.3 Å². The molecule has 0 aliphatic carbocycles. The Morgan fingerprint density at radius 2 is 2.00 bits per heavy atom. The highest BCUT2D eigenvalue weighted by Crippen LogP contribution is 2.36. The molecule has 0 saturated heterocycles. The van der Waals surface area contributed by atoms with Gasteiger partial charge in [-0.2, -0.15) is 11.3 Å². The van der Waals surface area contributed by atoms with E-state index in [0.717, 1.165) is 10.6 Å². The van der Waals surface area contributed by atoms with Crippen LogP contribution in [0.15, 0.2) is 34.3 Å². The number of rotatable bonds is 5.